The molecule has 0 saturated carbocycles. The van der Waals surface area contributed by atoms with Gasteiger partial charge in [0.05, 0.1) is 17.4 Å². The summed E-state index contributed by atoms with van der Waals surface area (Å²) < 4.78 is 7.14. The molecule has 174 valence electrons. The maximum Gasteiger partial charge on any atom is 0.288 e. The van der Waals surface area contributed by atoms with Gasteiger partial charge in [0.15, 0.2) is 10.9 Å². The molecule has 0 radical (unpaired) electrons. The van der Waals surface area contributed by atoms with Crippen LogP contribution in [0.1, 0.15) is 0 Å². The summed E-state index contributed by atoms with van der Waals surface area (Å²) in [6, 6.07) is 2.54. The number of ether oxygens (including phenoxy) is 1. The van der Waals surface area contributed by atoms with Crippen LogP contribution in [-0.2, 0) is 11.4 Å². The van der Waals surface area contributed by atoms with Gasteiger partial charge in [0.1, 0.15) is 23.2 Å². The van der Waals surface area contributed by atoms with E-state index < -0.39 is 32.5 Å². The maximum atomic E-state index is 13.1. The van der Waals surface area contributed by atoms with E-state index in [0.717, 1.165) is 12.1 Å². The first-order valence-corrected chi connectivity index (χ1v) is 10.9. The molecule has 1 aromatic heterocycles. The second kappa shape index (κ2) is 7.42. The van der Waals surface area contributed by atoms with Gasteiger partial charge in [-0.2, -0.15) is 0 Å². The number of hydrogen-bond donors (Lipinski definition) is 2. The molecule has 34 heavy (non-hydrogen) atoms. The summed E-state index contributed by atoms with van der Waals surface area (Å²) in [5.41, 5.74) is -3.35. The van der Waals surface area contributed by atoms with E-state index in [0.29, 0.717) is 37.2 Å². The number of aromatic nitrogens is 3. The normalized spacial score (nSPS) is 22.4. The van der Waals surface area contributed by atoms with Gasteiger partial charge in [0.25, 0.3) is 6.02 Å². The Bertz CT molecular complexity index is 1640. The van der Waals surface area contributed by atoms with Crippen LogP contribution in [0, 0.1) is 0 Å². The lowest BCUT2D eigenvalue weighted by Crippen LogP contribution is -2.49. The van der Waals surface area contributed by atoms with Gasteiger partial charge in [-0.05, 0) is 18.2 Å². The van der Waals surface area contributed by atoms with Crippen LogP contribution in [0.15, 0.2) is 60.6 Å². The molecule has 0 amide bonds. The molecule has 2 atom stereocenters. The van der Waals surface area contributed by atoms with Gasteiger partial charge < -0.3 is 14.8 Å². The zero-order valence-electron chi connectivity index (χ0n) is 17.9. The first-order valence-electron chi connectivity index (χ1n) is 10.9. The Morgan fingerprint density at radius 3 is 2.35 bits per heavy atom. The minimum Gasteiger partial charge on any atom is -0.455 e. The van der Waals surface area contributed by atoms with E-state index in [1.54, 1.807) is 0 Å². The van der Waals surface area contributed by atoms with Crippen LogP contribution in [0.25, 0.3) is 21.8 Å². The predicted octanol–water partition coefficient (Wildman–Crippen LogP) is -1.14. The van der Waals surface area contributed by atoms with E-state index in [1.807, 2.05) is 34.1 Å². The molecule has 1 saturated heterocycles. The number of piperazine rings is 1. The zero-order chi connectivity index (χ0) is 23.6. The number of rotatable bonds is 2. The van der Waals surface area contributed by atoms with E-state index in [2.05, 4.69) is 10.1 Å². The third kappa shape index (κ3) is 2.99. The highest BCUT2D eigenvalue weighted by molar-refractivity contribution is 5.94. The summed E-state index contributed by atoms with van der Waals surface area (Å²) in [5.74, 6) is 0. The van der Waals surface area contributed by atoms with Crippen LogP contribution in [0.4, 0.5) is 0 Å². The number of nitrogens with one attached hydrogen (secondary N) is 1. The fourth-order valence-corrected chi connectivity index (χ4v) is 4.72. The summed E-state index contributed by atoms with van der Waals surface area (Å²) in [6.07, 6.45) is 7.78. The molecule has 12 nitrogen and oxygen atoms in total. The van der Waals surface area contributed by atoms with Crippen LogP contribution < -0.4 is 21.7 Å². The van der Waals surface area contributed by atoms with Crippen molar-refractivity contribution in [1.29, 1.82) is 0 Å². The van der Waals surface area contributed by atoms with Gasteiger partial charge in [-0.1, -0.05) is 23.2 Å². The maximum absolute atomic E-state index is 13.1. The molecule has 3 heterocycles. The molecule has 3 aromatic rings. The largest absolute Gasteiger partial charge is 0.455 e. The minimum absolute atomic E-state index is 0.0136. The monoisotopic (exact) mass is 464 g/mol. The highest BCUT2D eigenvalue weighted by Gasteiger charge is 2.33. The second-order valence-electron chi connectivity index (χ2n) is 8.50. The van der Waals surface area contributed by atoms with E-state index in [-0.39, 0.29) is 29.8 Å². The van der Waals surface area contributed by atoms with Crippen LogP contribution in [-0.4, -0.2) is 74.1 Å². The quantitative estimate of drug-likeness (QED) is 0.454. The molecular weight excluding hydrogens is 444 g/mol. The van der Waals surface area contributed by atoms with Gasteiger partial charge in [-0.25, -0.2) is 14.8 Å². The highest BCUT2D eigenvalue weighted by atomic mass is 16.5. The lowest BCUT2D eigenvalue weighted by molar-refractivity contribution is 0.0382. The second-order valence-corrected chi connectivity index (χ2v) is 8.50. The predicted molar refractivity (Wildman–Crippen MR) is 123 cm³/mol. The number of fused-ring (bicyclic) bond motifs is 3. The first-order chi connectivity index (χ1) is 16.4. The van der Waals surface area contributed by atoms with Crippen molar-refractivity contribution in [3.05, 3.63) is 77.3 Å². The first kappa shape index (κ1) is 20.4. The summed E-state index contributed by atoms with van der Waals surface area (Å²) in [4.78, 5) is 59.7. The number of allylic oxidation sites excluding steroid dienone is 2. The fraction of sp³-hybridized carbons (Fsp3) is 0.318. The Hall–Kier alpha value is -4.19. The van der Waals surface area contributed by atoms with Gasteiger partial charge in [0.2, 0.25) is 10.9 Å². The average molecular weight is 464 g/mol. The number of amidine groups is 1. The van der Waals surface area contributed by atoms with Crippen molar-refractivity contribution in [3.63, 3.8) is 0 Å². The van der Waals surface area contributed by atoms with Crippen molar-refractivity contribution in [3.8, 4) is 0 Å². The van der Waals surface area contributed by atoms with Gasteiger partial charge in [-0.3, -0.25) is 24.1 Å². The topological polar surface area (TPSA) is 142 Å². The molecule has 1 aliphatic carbocycles. The zero-order valence-corrected chi connectivity index (χ0v) is 17.9. The Morgan fingerprint density at radius 1 is 0.971 bits per heavy atom. The number of aromatic amines is 1. The van der Waals surface area contributed by atoms with Crippen molar-refractivity contribution in [2.75, 3.05) is 26.2 Å². The van der Waals surface area contributed by atoms with Crippen molar-refractivity contribution in [2.24, 2.45) is 4.99 Å². The van der Waals surface area contributed by atoms with Crippen LogP contribution in [0.3, 0.4) is 0 Å². The molecule has 6 rings (SSSR count). The Balaban J connectivity index is 1.29. The van der Waals surface area contributed by atoms with Gasteiger partial charge >= 0.3 is 0 Å². The summed E-state index contributed by atoms with van der Waals surface area (Å²) in [6.45, 7) is 2.47. The fourth-order valence-electron chi connectivity index (χ4n) is 4.72. The molecule has 1 fully saturated rings. The smallest absolute Gasteiger partial charge is 0.288 e. The number of hydrogen-bond acceptors (Lipinski definition) is 9. The van der Waals surface area contributed by atoms with E-state index in [9.17, 15) is 24.4 Å². The van der Waals surface area contributed by atoms with Crippen LogP contribution in [0.2, 0.25) is 0 Å². The molecule has 0 spiro atoms. The molecule has 3 aliphatic rings. The molecule has 2 aliphatic heterocycles. The van der Waals surface area contributed by atoms with Crippen LogP contribution >= 0.6 is 0 Å². The lowest BCUT2D eigenvalue weighted by Gasteiger charge is -2.35. The van der Waals surface area contributed by atoms with E-state index in [1.165, 1.54) is 4.68 Å². The van der Waals surface area contributed by atoms with Crippen molar-refractivity contribution >= 4 is 27.8 Å². The van der Waals surface area contributed by atoms with E-state index >= 15 is 0 Å². The standard InChI is InChI=1S/C22H20N6O6/c29-13-5-6-14(30)17-16(13)20(31)18-19(21(17)32)27(28(33)24-18)11-25-7-9-26(10-8-25)22-23-12-3-1-2-4-15(12)34-22/h1-6,12,15,24,33H,7-11H2. The summed E-state index contributed by atoms with van der Waals surface area (Å²) in [5, 5.41) is 11.9. The van der Waals surface area contributed by atoms with Crippen molar-refractivity contribution in [1.82, 2.24) is 24.5 Å². The Kier molecular flexibility index (Phi) is 4.45. The molecule has 2 unspecified atom stereocenters. The summed E-state index contributed by atoms with van der Waals surface area (Å²) >= 11 is 0. The van der Waals surface area contributed by atoms with Crippen molar-refractivity contribution in [2.45, 2.75) is 18.8 Å². The van der Waals surface area contributed by atoms with E-state index in [4.69, 9.17) is 4.74 Å². The van der Waals surface area contributed by atoms with Crippen molar-refractivity contribution < 1.29 is 9.94 Å². The van der Waals surface area contributed by atoms with Gasteiger partial charge in [-0.15, -0.1) is 0 Å². The average Bonchev–Trinajstić information content (AvgIpc) is 3.41. The number of nitrogens with zero attached hydrogens (tertiary/aromatic N) is 5. The van der Waals surface area contributed by atoms with Crippen LogP contribution in [0.5, 0.6) is 0 Å². The molecule has 12 heteroatoms. The SMILES string of the molecule is O=c1ccc(=O)c2c(=O)c3c([nH]n(O)n3CN3CCN(C4=NC5C=CC=CC5O4)CC3)c(=O)c12. The molecule has 0 bridgehead atoms. The summed E-state index contributed by atoms with van der Waals surface area (Å²) in [7, 11) is 0. The molecular formula is C22H20N6O6. The van der Waals surface area contributed by atoms with Gasteiger partial charge in [0, 0.05) is 26.2 Å². The number of H-pyrrole nitrogens is 1. The Labute approximate surface area is 190 Å². The number of aliphatic imine (C=N–C) groups is 1. The molecule has 2 N–H and O–H groups in total. The highest BCUT2D eigenvalue weighted by Crippen LogP contribution is 2.22. The molecule has 2 aromatic carbocycles. The third-order valence-corrected chi connectivity index (χ3v) is 6.50. The number of benzene rings is 2. The third-order valence-electron chi connectivity index (χ3n) is 6.50. The Morgan fingerprint density at radius 2 is 1.65 bits per heavy atom. The lowest BCUT2D eigenvalue weighted by atomic mass is 10.1. The minimum atomic E-state index is -0.792.